The van der Waals surface area contributed by atoms with Gasteiger partial charge in [-0.2, -0.15) is 0 Å². The number of nitrogens with one attached hydrogen (secondary N) is 1. The Labute approximate surface area is 116 Å². The molecular weight excluding hydrogens is 282 g/mol. The first-order valence-electron chi connectivity index (χ1n) is 5.84. The number of para-hydroxylation sites is 1. The van der Waals surface area contributed by atoms with Gasteiger partial charge >= 0.3 is 0 Å². The number of rotatable bonds is 7. The maximum Gasteiger partial charge on any atom is 0.274 e. The van der Waals surface area contributed by atoms with Crippen LogP contribution in [0, 0.1) is 0 Å². The lowest BCUT2D eigenvalue weighted by Crippen LogP contribution is -2.28. The average Bonchev–Trinajstić information content (AvgIpc) is 2.95. The van der Waals surface area contributed by atoms with Crippen LogP contribution in [0.15, 0.2) is 52.0 Å². The van der Waals surface area contributed by atoms with Crippen molar-refractivity contribution in [3.63, 3.8) is 0 Å². The largest absolute Gasteiger partial charge is 0.492 e. The Hall–Kier alpha value is -2.12. The van der Waals surface area contributed by atoms with Crippen LogP contribution in [0.5, 0.6) is 5.75 Å². The van der Waals surface area contributed by atoms with Crippen LogP contribution in [0.4, 0.5) is 0 Å². The molecule has 0 amide bonds. The number of aldehydes is 1. The van der Waals surface area contributed by atoms with Gasteiger partial charge in [-0.1, -0.05) is 18.2 Å². The second-order valence-corrected chi connectivity index (χ2v) is 5.53. The summed E-state index contributed by atoms with van der Waals surface area (Å²) >= 11 is 0. The van der Waals surface area contributed by atoms with Crippen molar-refractivity contribution in [2.45, 2.75) is 5.09 Å². The Morgan fingerprint density at radius 1 is 1.15 bits per heavy atom. The molecule has 1 heterocycles. The number of hydrogen-bond donors (Lipinski definition) is 1. The smallest absolute Gasteiger partial charge is 0.274 e. The van der Waals surface area contributed by atoms with Gasteiger partial charge in [-0.15, -0.1) is 0 Å². The van der Waals surface area contributed by atoms with Crippen LogP contribution < -0.4 is 9.46 Å². The highest BCUT2D eigenvalue weighted by Gasteiger charge is 2.17. The molecule has 0 aliphatic heterocycles. The van der Waals surface area contributed by atoms with Crippen LogP contribution in [-0.2, 0) is 10.0 Å². The van der Waals surface area contributed by atoms with Crippen LogP contribution in [0.2, 0.25) is 0 Å². The summed E-state index contributed by atoms with van der Waals surface area (Å²) in [7, 11) is -3.76. The fourth-order valence-electron chi connectivity index (χ4n) is 1.47. The topological polar surface area (TPSA) is 85.6 Å². The zero-order valence-corrected chi connectivity index (χ0v) is 11.3. The predicted molar refractivity (Wildman–Crippen MR) is 71.2 cm³/mol. The van der Waals surface area contributed by atoms with Crippen molar-refractivity contribution in [3.8, 4) is 5.75 Å². The van der Waals surface area contributed by atoms with Gasteiger partial charge in [-0.3, -0.25) is 4.79 Å². The Morgan fingerprint density at radius 3 is 2.55 bits per heavy atom. The van der Waals surface area contributed by atoms with E-state index in [0.29, 0.717) is 12.0 Å². The molecule has 7 heteroatoms. The quantitative estimate of drug-likeness (QED) is 0.617. The summed E-state index contributed by atoms with van der Waals surface area (Å²) in [4.78, 5) is 10.4. The number of hydrogen-bond acceptors (Lipinski definition) is 5. The van der Waals surface area contributed by atoms with E-state index < -0.39 is 10.0 Å². The summed E-state index contributed by atoms with van der Waals surface area (Å²) in [5.41, 5.74) is 0. The van der Waals surface area contributed by atoms with Crippen LogP contribution >= 0.6 is 0 Å². The van der Waals surface area contributed by atoms with E-state index in [1.54, 1.807) is 12.1 Å². The monoisotopic (exact) mass is 295 g/mol. The molecular formula is C13H13NO5S. The number of benzene rings is 1. The van der Waals surface area contributed by atoms with Crippen LogP contribution in [0.3, 0.4) is 0 Å². The van der Waals surface area contributed by atoms with Crippen molar-refractivity contribution in [1.82, 2.24) is 4.72 Å². The average molecular weight is 295 g/mol. The van der Waals surface area contributed by atoms with Crippen LogP contribution in [-0.4, -0.2) is 27.9 Å². The molecule has 0 atom stereocenters. The van der Waals surface area contributed by atoms with Crippen LogP contribution in [0.25, 0.3) is 0 Å². The standard InChI is InChI=1S/C13H13NO5S/c15-10-12-6-7-13(19-12)20(16,17)14-8-9-18-11-4-2-1-3-5-11/h1-7,10,14H,8-9H2. The Morgan fingerprint density at radius 2 is 1.90 bits per heavy atom. The molecule has 2 rings (SSSR count). The van der Waals surface area contributed by atoms with Gasteiger partial charge in [0.25, 0.3) is 10.0 Å². The summed E-state index contributed by atoms with van der Waals surface area (Å²) < 4.78 is 36.1. The van der Waals surface area contributed by atoms with Crippen molar-refractivity contribution in [1.29, 1.82) is 0 Å². The highest BCUT2D eigenvalue weighted by atomic mass is 32.2. The first kappa shape index (κ1) is 14.3. The van der Waals surface area contributed by atoms with Crippen molar-refractivity contribution >= 4 is 16.3 Å². The van der Waals surface area contributed by atoms with E-state index in [0.717, 1.165) is 0 Å². The fourth-order valence-corrected chi connectivity index (χ4v) is 2.42. The van der Waals surface area contributed by atoms with E-state index >= 15 is 0 Å². The highest BCUT2D eigenvalue weighted by Crippen LogP contribution is 2.12. The van der Waals surface area contributed by atoms with Crippen molar-refractivity contribution in [2.75, 3.05) is 13.2 Å². The first-order valence-corrected chi connectivity index (χ1v) is 7.33. The minimum atomic E-state index is -3.76. The van der Waals surface area contributed by atoms with Gasteiger partial charge in [-0.25, -0.2) is 13.1 Å². The summed E-state index contributed by atoms with van der Waals surface area (Å²) in [6.07, 6.45) is 0.442. The number of sulfonamides is 1. The normalized spacial score (nSPS) is 11.2. The summed E-state index contributed by atoms with van der Waals surface area (Å²) in [6, 6.07) is 11.6. The molecule has 1 N–H and O–H groups in total. The number of carbonyl (C=O) groups is 1. The molecule has 0 aliphatic carbocycles. The molecule has 106 valence electrons. The lowest BCUT2D eigenvalue weighted by Gasteiger charge is -2.06. The van der Waals surface area contributed by atoms with E-state index in [1.807, 2.05) is 18.2 Å². The maximum absolute atomic E-state index is 11.8. The third-order valence-corrected chi connectivity index (χ3v) is 3.72. The zero-order valence-electron chi connectivity index (χ0n) is 10.5. The molecule has 0 saturated heterocycles. The molecule has 0 bridgehead atoms. The van der Waals surface area contributed by atoms with E-state index in [-0.39, 0.29) is 24.0 Å². The first-order chi connectivity index (χ1) is 9.62. The van der Waals surface area contributed by atoms with Gasteiger partial charge in [-0.05, 0) is 24.3 Å². The summed E-state index contributed by atoms with van der Waals surface area (Å²) in [6.45, 7) is 0.277. The molecule has 0 spiro atoms. The van der Waals surface area contributed by atoms with E-state index in [4.69, 9.17) is 9.15 Å². The minimum absolute atomic E-state index is 0.0362. The molecule has 1 aromatic heterocycles. The Bertz CT molecular complexity index is 663. The number of furan rings is 1. The van der Waals surface area contributed by atoms with Crippen molar-refractivity contribution in [3.05, 3.63) is 48.2 Å². The van der Waals surface area contributed by atoms with Gasteiger partial charge in [0.05, 0.1) is 0 Å². The van der Waals surface area contributed by atoms with Gasteiger partial charge in [0.1, 0.15) is 12.4 Å². The summed E-state index contributed by atoms with van der Waals surface area (Å²) in [5.74, 6) is 0.624. The molecule has 0 fully saturated rings. The molecule has 20 heavy (non-hydrogen) atoms. The highest BCUT2D eigenvalue weighted by molar-refractivity contribution is 7.89. The molecule has 1 aromatic carbocycles. The van der Waals surface area contributed by atoms with Gasteiger partial charge in [0.2, 0.25) is 5.09 Å². The second kappa shape index (κ2) is 6.36. The lowest BCUT2D eigenvalue weighted by molar-refractivity contribution is 0.109. The third-order valence-electron chi connectivity index (χ3n) is 2.39. The number of ether oxygens (including phenoxy) is 1. The molecule has 0 aliphatic rings. The van der Waals surface area contributed by atoms with Gasteiger partial charge < -0.3 is 9.15 Å². The van der Waals surface area contributed by atoms with Crippen molar-refractivity contribution < 1.29 is 22.4 Å². The SMILES string of the molecule is O=Cc1ccc(S(=O)(=O)NCCOc2ccccc2)o1. The van der Waals surface area contributed by atoms with E-state index in [1.165, 1.54) is 12.1 Å². The zero-order chi connectivity index (χ0) is 14.4. The van der Waals surface area contributed by atoms with Gasteiger partial charge in [0, 0.05) is 6.54 Å². The maximum atomic E-state index is 11.8. The molecule has 2 aromatic rings. The fraction of sp³-hybridized carbons (Fsp3) is 0.154. The molecule has 6 nitrogen and oxygen atoms in total. The Kier molecular flexibility index (Phi) is 4.54. The van der Waals surface area contributed by atoms with E-state index in [2.05, 4.69) is 4.72 Å². The summed E-state index contributed by atoms with van der Waals surface area (Å²) in [5, 5.41) is -0.292. The minimum Gasteiger partial charge on any atom is -0.492 e. The molecule has 0 unspecified atom stereocenters. The van der Waals surface area contributed by atoms with Crippen LogP contribution in [0.1, 0.15) is 10.6 Å². The number of carbonyl (C=O) groups excluding carboxylic acids is 1. The second-order valence-electron chi connectivity index (χ2n) is 3.83. The van der Waals surface area contributed by atoms with Gasteiger partial charge in [0.15, 0.2) is 12.0 Å². The molecule has 0 radical (unpaired) electrons. The lowest BCUT2D eigenvalue weighted by atomic mass is 10.3. The third kappa shape index (κ3) is 3.69. The Balaban J connectivity index is 1.85. The predicted octanol–water partition coefficient (Wildman–Crippen LogP) is 1.45. The van der Waals surface area contributed by atoms with E-state index in [9.17, 15) is 13.2 Å². The van der Waals surface area contributed by atoms with Crippen molar-refractivity contribution in [2.24, 2.45) is 0 Å². The molecule has 0 saturated carbocycles.